The molecule has 0 amide bonds. The van der Waals surface area contributed by atoms with Crippen LogP contribution in [-0.2, 0) is 14.5 Å². The van der Waals surface area contributed by atoms with Crippen LogP contribution >= 0.6 is 0 Å². The van der Waals surface area contributed by atoms with Crippen LogP contribution in [0.3, 0.4) is 0 Å². The van der Waals surface area contributed by atoms with Gasteiger partial charge >= 0.3 is 10.3 Å². The molecule has 0 rings (SSSR count). The lowest BCUT2D eigenvalue weighted by atomic mass is 10.5. The van der Waals surface area contributed by atoms with E-state index in [2.05, 4.69) is 66.6 Å². The first kappa shape index (κ1) is 20.0. The second-order valence-corrected chi connectivity index (χ2v) is 12.7. The van der Waals surface area contributed by atoms with E-state index >= 15 is 0 Å². The number of rotatable bonds is 7. The highest BCUT2D eigenvalue weighted by Crippen LogP contribution is 2.40. The summed E-state index contributed by atoms with van der Waals surface area (Å²) in [6, 6.07) is 0. The molecule has 21 heavy (non-hydrogen) atoms. The Morgan fingerprint density at radius 3 is 2.00 bits per heavy atom. The Morgan fingerprint density at radius 2 is 1.62 bits per heavy atom. The van der Waals surface area contributed by atoms with Crippen LogP contribution in [0.25, 0.3) is 10.4 Å². The Balaban J connectivity index is 4.90. The van der Waals surface area contributed by atoms with Gasteiger partial charge in [-0.2, -0.15) is 8.42 Å². The molecule has 0 aromatic carbocycles. The molecule has 0 aromatic heterocycles. The van der Waals surface area contributed by atoms with Crippen molar-refractivity contribution < 1.29 is 12.6 Å². The lowest BCUT2D eigenvalue weighted by Gasteiger charge is -2.38. The Bertz CT molecular complexity index is 519. The van der Waals surface area contributed by atoms with Crippen molar-refractivity contribution in [1.29, 1.82) is 0 Å². The number of hydrogen-bond donors (Lipinski definition) is 0. The summed E-state index contributed by atoms with van der Waals surface area (Å²) < 4.78 is 29.2. The summed E-state index contributed by atoms with van der Waals surface area (Å²) in [5.74, 6) is 3.07. The zero-order chi connectivity index (χ0) is 16.7. The minimum absolute atomic E-state index is 0.0902. The fourth-order valence-electron chi connectivity index (χ4n) is 2.91. The van der Waals surface area contributed by atoms with Crippen LogP contribution in [0.5, 0.6) is 0 Å². The highest BCUT2D eigenvalue weighted by Gasteiger charge is 2.41. The number of hydrogen-bond acceptors (Lipinski definition) is 3. The maximum absolute atomic E-state index is 11.0. The van der Waals surface area contributed by atoms with E-state index < -0.39 is 18.4 Å². The molecule has 0 saturated heterocycles. The summed E-state index contributed by atoms with van der Waals surface area (Å²) in [5, 5.41) is 0. The lowest BCUT2D eigenvalue weighted by molar-refractivity contribution is 0.327. The number of nitrogens with zero attached hydrogens (tertiary/aromatic N) is 3. The first-order chi connectivity index (χ1) is 9.60. The third-order valence-corrected chi connectivity index (χ3v) is 10.8. The zero-order valence-electron chi connectivity index (χ0n) is 13.6. The summed E-state index contributed by atoms with van der Waals surface area (Å²) in [4.78, 5) is 2.20. The third kappa shape index (κ3) is 5.71. The molecule has 0 radical (unpaired) electrons. The van der Waals surface area contributed by atoms with E-state index in [-0.39, 0.29) is 6.61 Å². The van der Waals surface area contributed by atoms with Crippen LogP contribution in [-0.4, -0.2) is 23.1 Å². The van der Waals surface area contributed by atoms with Crippen LogP contribution in [0.4, 0.5) is 0 Å². The highest BCUT2D eigenvalue weighted by atomic mass is 32.2. The Kier molecular flexibility index (Phi) is 8.04. The Hall–Kier alpha value is -1.00. The summed E-state index contributed by atoms with van der Waals surface area (Å²) in [7, 11) is -5.93. The van der Waals surface area contributed by atoms with Crippen molar-refractivity contribution in [1.82, 2.24) is 0 Å². The summed E-state index contributed by atoms with van der Waals surface area (Å²) >= 11 is 0. The average molecular weight is 332 g/mol. The van der Waals surface area contributed by atoms with Gasteiger partial charge in [0, 0.05) is 11.3 Å². The molecule has 0 heterocycles. The number of azide groups is 1. The van der Waals surface area contributed by atoms with E-state index in [0.717, 1.165) is 0 Å². The molecule has 0 aromatic rings. The van der Waals surface area contributed by atoms with Gasteiger partial charge in [-0.3, -0.25) is 4.18 Å². The molecule has 0 aliphatic heterocycles. The fraction of sp³-hybridized carbons (Fsp3) is 0.846. The predicted molar refractivity (Wildman–Crippen MR) is 87.5 cm³/mol. The fourth-order valence-corrected chi connectivity index (χ4v) is 8.64. The van der Waals surface area contributed by atoms with Gasteiger partial charge in [0.05, 0.1) is 11.1 Å². The minimum atomic E-state index is -4.14. The largest absolute Gasteiger partial charge is 0.358 e. The van der Waals surface area contributed by atoms with Crippen LogP contribution in [0.1, 0.15) is 48.0 Å². The molecule has 0 aliphatic rings. The molecular formula is C13H25N3O3SSi. The van der Waals surface area contributed by atoms with E-state index in [9.17, 15) is 8.42 Å². The first-order valence-electron chi connectivity index (χ1n) is 7.05. The molecule has 0 aliphatic carbocycles. The van der Waals surface area contributed by atoms with Crippen molar-refractivity contribution in [2.24, 2.45) is 4.52 Å². The van der Waals surface area contributed by atoms with Gasteiger partial charge < -0.3 is 0 Å². The van der Waals surface area contributed by atoms with Crippen molar-refractivity contribution in [3.05, 3.63) is 10.4 Å². The molecule has 0 atom stereocenters. The van der Waals surface area contributed by atoms with Crippen molar-refractivity contribution >= 4 is 18.4 Å². The van der Waals surface area contributed by atoms with Gasteiger partial charge in [0.15, 0.2) is 0 Å². The van der Waals surface area contributed by atoms with Gasteiger partial charge in [-0.15, -0.1) is 11.5 Å². The summed E-state index contributed by atoms with van der Waals surface area (Å²) in [5.41, 5.74) is 13.1. The monoisotopic (exact) mass is 331 g/mol. The van der Waals surface area contributed by atoms with Crippen LogP contribution in [0.15, 0.2) is 4.52 Å². The summed E-state index contributed by atoms with van der Waals surface area (Å²) in [6.45, 7) is 13.2. The van der Waals surface area contributed by atoms with E-state index in [4.69, 9.17) is 5.53 Å². The molecule has 0 N–H and O–H groups in total. The molecule has 0 bridgehead atoms. The van der Waals surface area contributed by atoms with Crippen molar-refractivity contribution in [2.75, 3.05) is 6.61 Å². The molecule has 0 unspecified atom stereocenters. The maximum Gasteiger partial charge on any atom is 0.358 e. The van der Waals surface area contributed by atoms with E-state index in [0.29, 0.717) is 23.0 Å². The first-order valence-corrected chi connectivity index (χ1v) is 10.7. The molecule has 120 valence electrons. The Morgan fingerprint density at radius 1 is 1.14 bits per heavy atom. The topological polar surface area (TPSA) is 92.1 Å². The van der Waals surface area contributed by atoms with Gasteiger partial charge in [-0.25, -0.2) is 0 Å². The van der Waals surface area contributed by atoms with Gasteiger partial charge in [-0.1, -0.05) is 41.5 Å². The van der Waals surface area contributed by atoms with Crippen LogP contribution < -0.4 is 0 Å². The molecule has 0 saturated carbocycles. The standard InChI is InChI=1S/C13H25N3O3SSi/c1-11(2)21(12(3)4,13(5)6)10-8-7-9-19-20(17,18)16-15-14/h11-13H,7,9H2,1-6H3. The lowest BCUT2D eigenvalue weighted by Crippen LogP contribution is -2.43. The van der Waals surface area contributed by atoms with E-state index in [1.54, 1.807) is 0 Å². The molecular weight excluding hydrogens is 306 g/mol. The second-order valence-electron chi connectivity index (χ2n) is 5.87. The SMILES string of the molecule is CC(C)[Si](C#CCCOS(=O)(=O)N=[N+]=[N-])(C(C)C)C(C)C. The predicted octanol–water partition coefficient (Wildman–Crippen LogP) is 4.17. The van der Waals surface area contributed by atoms with Crippen molar-refractivity contribution in [2.45, 2.75) is 64.6 Å². The van der Waals surface area contributed by atoms with Gasteiger partial charge in [0.1, 0.15) is 8.07 Å². The van der Waals surface area contributed by atoms with Crippen LogP contribution in [0, 0.1) is 11.5 Å². The molecule has 8 heteroatoms. The Labute approximate surface area is 129 Å². The molecule has 6 nitrogen and oxygen atoms in total. The van der Waals surface area contributed by atoms with Crippen LogP contribution in [0.2, 0.25) is 16.6 Å². The van der Waals surface area contributed by atoms with Gasteiger partial charge in [0.2, 0.25) is 0 Å². The third-order valence-electron chi connectivity index (χ3n) is 3.77. The maximum atomic E-state index is 11.0. The highest BCUT2D eigenvalue weighted by molar-refractivity contribution is 7.85. The summed E-state index contributed by atoms with van der Waals surface area (Å²) in [6.07, 6.45) is 0.307. The van der Waals surface area contributed by atoms with Gasteiger partial charge in [-0.05, 0) is 22.2 Å². The van der Waals surface area contributed by atoms with Crippen molar-refractivity contribution in [3.8, 4) is 11.5 Å². The van der Waals surface area contributed by atoms with E-state index in [1.807, 2.05) is 0 Å². The average Bonchev–Trinajstić information content (AvgIpc) is 2.31. The quantitative estimate of drug-likeness (QED) is 0.175. The molecule has 0 fully saturated rings. The smallest absolute Gasteiger partial charge is 0.263 e. The molecule has 0 spiro atoms. The van der Waals surface area contributed by atoms with Crippen molar-refractivity contribution in [3.63, 3.8) is 0 Å². The normalized spacial score (nSPS) is 12.2. The second kappa shape index (κ2) is 8.44. The zero-order valence-corrected chi connectivity index (χ0v) is 15.4. The van der Waals surface area contributed by atoms with Gasteiger partial charge in [0.25, 0.3) is 0 Å². The minimum Gasteiger partial charge on any atom is -0.263 e. The van der Waals surface area contributed by atoms with E-state index in [1.165, 1.54) is 0 Å².